The molecule has 0 fully saturated rings. The van der Waals surface area contributed by atoms with Crippen molar-refractivity contribution < 1.29 is 14.2 Å². The average molecular weight is 528 g/mol. The highest BCUT2D eigenvalue weighted by Gasteiger charge is 2.23. The molecule has 0 bridgehead atoms. The summed E-state index contributed by atoms with van der Waals surface area (Å²) in [4.78, 5) is 7.77. The van der Waals surface area contributed by atoms with E-state index in [-0.39, 0.29) is 0 Å². The van der Waals surface area contributed by atoms with Crippen LogP contribution in [-0.4, -0.2) is 42.3 Å². The lowest BCUT2D eigenvalue weighted by molar-refractivity contribution is 0.240. The van der Waals surface area contributed by atoms with Crippen molar-refractivity contribution in [2.45, 2.75) is 52.7 Å². The number of unbranched alkanes of at least 4 members (excludes halogenated alkanes) is 1. The van der Waals surface area contributed by atoms with Gasteiger partial charge in [0.25, 0.3) is 0 Å². The Labute approximate surface area is 233 Å². The van der Waals surface area contributed by atoms with E-state index in [1.807, 2.05) is 6.07 Å². The first-order valence-corrected chi connectivity index (χ1v) is 13.8. The van der Waals surface area contributed by atoms with Crippen LogP contribution in [0.5, 0.6) is 17.2 Å². The van der Waals surface area contributed by atoms with Gasteiger partial charge in [0, 0.05) is 36.3 Å². The van der Waals surface area contributed by atoms with E-state index in [0.29, 0.717) is 17.2 Å². The van der Waals surface area contributed by atoms with Gasteiger partial charge in [-0.2, -0.15) is 0 Å². The second-order valence-electron chi connectivity index (χ2n) is 9.67. The van der Waals surface area contributed by atoms with Gasteiger partial charge >= 0.3 is 0 Å². The minimum atomic E-state index is 0.625. The van der Waals surface area contributed by atoms with Crippen LogP contribution in [0.15, 0.2) is 72.8 Å². The molecule has 0 radical (unpaired) electrons. The molecule has 1 heterocycles. The first-order valence-electron chi connectivity index (χ1n) is 13.8. The Morgan fingerprint density at radius 2 is 1.38 bits per heavy atom. The highest BCUT2D eigenvalue weighted by atomic mass is 16.5. The highest BCUT2D eigenvalue weighted by Crippen LogP contribution is 2.40. The lowest BCUT2D eigenvalue weighted by atomic mass is 10.1. The molecule has 39 heavy (non-hydrogen) atoms. The van der Waals surface area contributed by atoms with Crippen LogP contribution < -0.4 is 14.2 Å². The van der Waals surface area contributed by atoms with Crippen LogP contribution >= 0.6 is 0 Å². The van der Waals surface area contributed by atoms with E-state index >= 15 is 0 Å². The molecule has 0 aliphatic rings. The SMILES string of the molecule is CCCCN(Cc1ccc(OC)c(OC)c1OC)Cc1c(-c2ccccc2)nc(-c2ccccc2)n1CCC. The van der Waals surface area contributed by atoms with Crippen LogP contribution in [0.2, 0.25) is 0 Å². The Morgan fingerprint density at radius 3 is 1.97 bits per heavy atom. The van der Waals surface area contributed by atoms with E-state index in [2.05, 4.69) is 90.0 Å². The number of hydrogen-bond donors (Lipinski definition) is 0. The zero-order chi connectivity index (χ0) is 27.6. The molecule has 0 spiro atoms. The van der Waals surface area contributed by atoms with Gasteiger partial charge in [-0.05, 0) is 25.5 Å². The Balaban J connectivity index is 1.81. The Bertz CT molecular complexity index is 1320. The summed E-state index contributed by atoms with van der Waals surface area (Å²) in [6.45, 7) is 7.81. The second kappa shape index (κ2) is 13.9. The molecule has 4 aromatic rings. The maximum absolute atomic E-state index is 5.83. The van der Waals surface area contributed by atoms with Gasteiger partial charge in [-0.15, -0.1) is 0 Å². The minimum Gasteiger partial charge on any atom is -0.493 e. The van der Waals surface area contributed by atoms with Crippen LogP contribution in [-0.2, 0) is 19.6 Å². The predicted octanol–water partition coefficient (Wildman–Crippen LogP) is 7.46. The molecule has 0 atom stereocenters. The lowest BCUT2D eigenvalue weighted by Crippen LogP contribution is -2.26. The molecule has 0 aliphatic carbocycles. The maximum Gasteiger partial charge on any atom is 0.203 e. The van der Waals surface area contributed by atoms with Crippen molar-refractivity contribution >= 4 is 0 Å². The third kappa shape index (κ3) is 6.45. The van der Waals surface area contributed by atoms with Crippen molar-refractivity contribution in [2.75, 3.05) is 27.9 Å². The van der Waals surface area contributed by atoms with Crippen molar-refractivity contribution in [2.24, 2.45) is 0 Å². The van der Waals surface area contributed by atoms with Crippen LogP contribution in [0.1, 0.15) is 44.4 Å². The monoisotopic (exact) mass is 527 g/mol. The summed E-state index contributed by atoms with van der Waals surface area (Å²) in [5, 5.41) is 0. The molecule has 6 nitrogen and oxygen atoms in total. The van der Waals surface area contributed by atoms with Crippen LogP contribution in [0.25, 0.3) is 22.6 Å². The molecule has 4 rings (SSSR count). The molecule has 0 saturated carbocycles. The van der Waals surface area contributed by atoms with Gasteiger partial charge in [-0.25, -0.2) is 4.98 Å². The number of ether oxygens (including phenoxy) is 3. The fourth-order valence-electron chi connectivity index (χ4n) is 5.08. The smallest absolute Gasteiger partial charge is 0.203 e. The van der Waals surface area contributed by atoms with Crippen molar-refractivity contribution in [1.82, 2.24) is 14.5 Å². The van der Waals surface area contributed by atoms with Crippen molar-refractivity contribution in [3.8, 4) is 39.9 Å². The zero-order valence-electron chi connectivity index (χ0n) is 23.9. The van der Waals surface area contributed by atoms with E-state index in [1.54, 1.807) is 21.3 Å². The summed E-state index contributed by atoms with van der Waals surface area (Å²) in [6, 6.07) is 25.1. The predicted molar refractivity (Wildman–Crippen MR) is 159 cm³/mol. The van der Waals surface area contributed by atoms with Gasteiger partial charge in [-0.1, -0.05) is 87.0 Å². The topological polar surface area (TPSA) is 48.8 Å². The number of hydrogen-bond acceptors (Lipinski definition) is 5. The molecule has 3 aromatic carbocycles. The highest BCUT2D eigenvalue weighted by molar-refractivity contribution is 5.68. The van der Waals surface area contributed by atoms with Crippen LogP contribution in [0, 0.1) is 0 Å². The van der Waals surface area contributed by atoms with Crippen molar-refractivity contribution in [3.63, 3.8) is 0 Å². The van der Waals surface area contributed by atoms with E-state index < -0.39 is 0 Å². The van der Waals surface area contributed by atoms with Crippen molar-refractivity contribution in [3.05, 3.63) is 84.1 Å². The number of rotatable bonds is 14. The van der Waals surface area contributed by atoms with E-state index in [1.165, 1.54) is 5.69 Å². The third-order valence-corrected chi connectivity index (χ3v) is 6.98. The Hall–Kier alpha value is -3.77. The molecule has 0 amide bonds. The molecule has 206 valence electrons. The molecule has 0 saturated heterocycles. The first-order chi connectivity index (χ1) is 19.1. The third-order valence-electron chi connectivity index (χ3n) is 6.98. The van der Waals surface area contributed by atoms with E-state index in [4.69, 9.17) is 19.2 Å². The molecule has 0 aliphatic heterocycles. The van der Waals surface area contributed by atoms with Crippen LogP contribution in [0.3, 0.4) is 0 Å². The summed E-state index contributed by atoms with van der Waals surface area (Å²) < 4.78 is 19.5. The van der Waals surface area contributed by atoms with Gasteiger partial charge in [0.05, 0.1) is 32.7 Å². The lowest BCUT2D eigenvalue weighted by Gasteiger charge is -2.25. The number of methoxy groups -OCH3 is 3. The van der Waals surface area contributed by atoms with Gasteiger partial charge in [0.1, 0.15) is 5.82 Å². The van der Waals surface area contributed by atoms with Gasteiger partial charge in [0.15, 0.2) is 11.5 Å². The molecular weight excluding hydrogens is 486 g/mol. The Kier molecular flexibility index (Phi) is 10.0. The van der Waals surface area contributed by atoms with E-state index in [0.717, 1.165) is 73.7 Å². The standard InChI is InChI=1S/C33H41N3O3/c1-6-8-22-35(23-27-19-20-29(37-3)32(39-5)31(27)38-4)24-28-30(25-15-11-9-12-16-25)34-33(36(28)21-7-2)26-17-13-10-14-18-26/h9-20H,6-8,21-24H2,1-5H3. The van der Waals surface area contributed by atoms with Gasteiger partial charge in [-0.3, -0.25) is 4.90 Å². The fraction of sp³-hybridized carbons (Fsp3) is 0.364. The second-order valence-corrected chi connectivity index (χ2v) is 9.67. The summed E-state index contributed by atoms with van der Waals surface area (Å²) >= 11 is 0. The molecule has 0 unspecified atom stereocenters. The number of nitrogens with zero attached hydrogens (tertiary/aromatic N) is 3. The number of imidazole rings is 1. The average Bonchev–Trinajstić information content (AvgIpc) is 3.34. The summed E-state index contributed by atoms with van der Waals surface area (Å²) in [5.41, 5.74) is 5.62. The molecule has 6 heteroatoms. The summed E-state index contributed by atoms with van der Waals surface area (Å²) in [5.74, 6) is 3.03. The van der Waals surface area contributed by atoms with Gasteiger partial charge < -0.3 is 18.8 Å². The summed E-state index contributed by atoms with van der Waals surface area (Å²) in [7, 11) is 4.99. The molecule has 0 N–H and O–H groups in total. The zero-order valence-corrected chi connectivity index (χ0v) is 23.9. The normalized spacial score (nSPS) is 11.1. The molecule has 1 aromatic heterocycles. The van der Waals surface area contributed by atoms with Crippen molar-refractivity contribution in [1.29, 1.82) is 0 Å². The van der Waals surface area contributed by atoms with Gasteiger partial charge in [0.2, 0.25) is 5.75 Å². The number of aromatic nitrogens is 2. The maximum atomic E-state index is 5.83. The largest absolute Gasteiger partial charge is 0.493 e. The first kappa shape index (κ1) is 28.2. The quantitative estimate of drug-likeness (QED) is 0.170. The number of benzene rings is 3. The fourth-order valence-corrected chi connectivity index (χ4v) is 5.08. The minimum absolute atomic E-state index is 0.625. The van der Waals surface area contributed by atoms with Crippen LogP contribution in [0.4, 0.5) is 0 Å². The molecular formula is C33H41N3O3. The Morgan fingerprint density at radius 1 is 0.718 bits per heavy atom. The van der Waals surface area contributed by atoms with E-state index in [9.17, 15) is 0 Å². The summed E-state index contributed by atoms with van der Waals surface area (Å²) in [6.07, 6.45) is 3.24.